The Morgan fingerprint density at radius 1 is 1.12 bits per heavy atom. The predicted molar refractivity (Wildman–Crippen MR) is 110 cm³/mol. The number of piperidine rings is 1. The van der Waals surface area contributed by atoms with E-state index in [-0.39, 0.29) is 0 Å². The number of hydrogen-bond acceptors (Lipinski definition) is 3. The van der Waals surface area contributed by atoms with E-state index >= 15 is 0 Å². The summed E-state index contributed by atoms with van der Waals surface area (Å²) >= 11 is 9.54. The molecule has 0 saturated carbocycles. The van der Waals surface area contributed by atoms with Gasteiger partial charge < -0.3 is 9.47 Å². The minimum atomic E-state index is 0.416. The molecule has 0 aromatic heterocycles. The molecule has 0 bridgehead atoms. The first-order chi connectivity index (χ1) is 12.6. The lowest BCUT2D eigenvalue weighted by Crippen LogP contribution is -2.36. The molecule has 0 unspecified atom stereocenters. The fourth-order valence-corrected chi connectivity index (χ4v) is 3.80. The van der Waals surface area contributed by atoms with Crippen LogP contribution in [0, 0.1) is 0 Å². The third-order valence-corrected chi connectivity index (χ3v) is 5.41. The first-order valence-electron chi connectivity index (χ1n) is 9.13. The van der Waals surface area contributed by atoms with E-state index < -0.39 is 0 Å². The van der Waals surface area contributed by atoms with Crippen molar-refractivity contribution in [2.75, 3.05) is 19.7 Å². The van der Waals surface area contributed by atoms with Crippen molar-refractivity contribution in [3.63, 3.8) is 0 Å². The van der Waals surface area contributed by atoms with E-state index in [1.165, 1.54) is 5.56 Å². The van der Waals surface area contributed by atoms with Crippen molar-refractivity contribution >= 4 is 27.5 Å². The molecule has 1 aliphatic heterocycles. The van der Waals surface area contributed by atoms with Crippen LogP contribution in [0.15, 0.2) is 46.9 Å². The Balaban J connectivity index is 1.61. The largest absolute Gasteiger partial charge is 0.489 e. The summed E-state index contributed by atoms with van der Waals surface area (Å²) < 4.78 is 12.9. The highest BCUT2D eigenvalue weighted by Gasteiger charge is 2.20. The van der Waals surface area contributed by atoms with Crippen LogP contribution in [-0.2, 0) is 17.9 Å². The van der Waals surface area contributed by atoms with Gasteiger partial charge >= 0.3 is 0 Å². The van der Waals surface area contributed by atoms with Gasteiger partial charge in [-0.2, -0.15) is 0 Å². The number of benzene rings is 2. The van der Waals surface area contributed by atoms with E-state index in [2.05, 4.69) is 33.8 Å². The maximum Gasteiger partial charge on any atom is 0.124 e. The normalized spacial score (nSPS) is 16.0. The number of ether oxygens (including phenoxy) is 2. The van der Waals surface area contributed by atoms with Gasteiger partial charge in [0.25, 0.3) is 0 Å². The molecule has 3 nitrogen and oxygen atoms in total. The van der Waals surface area contributed by atoms with Gasteiger partial charge in [-0.15, -0.1) is 0 Å². The number of hydrogen-bond donors (Lipinski definition) is 0. The van der Waals surface area contributed by atoms with Gasteiger partial charge in [-0.3, -0.25) is 4.90 Å². The van der Waals surface area contributed by atoms with Gasteiger partial charge in [0.2, 0.25) is 0 Å². The summed E-state index contributed by atoms with van der Waals surface area (Å²) in [6.07, 6.45) is 2.62. The third kappa shape index (κ3) is 5.71. The second-order valence-corrected chi connectivity index (χ2v) is 7.95. The van der Waals surface area contributed by atoms with E-state index in [9.17, 15) is 0 Å². The van der Waals surface area contributed by atoms with Crippen LogP contribution in [0.1, 0.15) is 30.9 Å². The first-order valence-corrected chi connectivity index (χ1v) is 10.3. The highest BCUT2D eigenvalue weighted by Crippen LogP contribution is 2.27. The maximum atomic E-state index is 6.10. The summed E-state index contributed by atoms with van der Waals surface area (Å²) in [7, 11) is 0. The van der Waals surface area contributed by atoms with Crippen LogP contribution in [0.3, 0.4) is 0 Å². The first kappa shape index (κ1) is 19.7. The van der Waals surface area contributed by atoms with E-state index in [0.29, 0.717) is 12.7 Å². The number of halogens is 2. The Morgan fingerprint density at radius 2 is 1.85 bits per heavy atom. The molecule has 0 aliphatic carbocycles. The van der Waals surface area contributed by atoms with Gasteiger partial charge in [0, 0.05) is 41.3 Å². The Hall–Kier alpha value is -1.07. The summed E-state index contributed by atoms with van der Waals surface area (Å²) in [5.74, 6) is 0.940. The molecule has 3 rings (SSSR count). The molecular formula is C21H25BrClNO2. The van der Waals surface area contributed by atoms with E-state index in [1.807, 2.05) is 36.4 Å². The Morgan fingerprint density at radius 3 is 2.54 bits per heavy atom. The summed E-state index contributed by atoms with van der Waals surface area (Å²) in [5.41, 5.74) is 2.32. The molecule has 0 N–H and O–H groups in total. The van der Waals surface area contributed by atoms with E-state index in [1.54, 1.807) is 0 Å². The summed E-state index contributed by atoms with van der Waals surface area (Å²) in [5, 5.41) is 0.744. The van der Waals surface area contributed by atoms with Crippen LogP contribution in [0.25, 0.3) is 0 Å². The Bertz CT molecular complexity index is 700. The number of nitrogens with zero attached hydrogens (tertiary/aromatic N) is 1. The minimum absolute atomic E-state index is 0.416. The second-order valence-electron chi connectivity index (χ2n) is 6.60. The highest BCUT2D eigenvalue weighted by atomic mass is 79.9. The molecule has 0 spiro atoms. The lowest BCUT2D eigenvalue weighted by Gasteiger charge is -2.32. The minimum Gasteiger partial charge on any atom is -0.489 e. The van der Waals surface area contributed by atoms with Gasteiger partial charge in [-0.1, -0.05) is 39.7 Å². The molecule has 140 valence electrons. The van der Waals surface area contributed by atoms with Crippen molar-refractivity contribution in [1.82, 2.24) is 4.90 Å². The van der Waals surface area contributed by atoms with Crippen molar-refractivity contribution in [2.45, 2.75) is 39.0 Å². The zero-order chi connectivity index (χ0) is 18.4. The highest BCUT2D eigenvalue weighted by molar-refractivity contribution is 9.10. The third-order valence-electron chi connectivity index (χ3n) is 4.66. The Kier molecular flexibility index (Phi) is 7.38. The van der Waals surface area contributed by atoms with Crippen molar-refractivity contribution in [3.8, 4) is 5.75 Å². The molecule has 0 amide bonds. The van der Waals surface area contributed by atoms with Crippen LogP contribution in [-0.4, -0.2) is 30.7 Å². The van der Waals surface area contributed by atoms with Gasteiger partial charge in [-0.25, -0.2) is 0 Å². The zero-order valence-corrected chi connectivity index (χ0v) is 17.4. The molecular weight excluding hydrogens is 414 g/mol. The average Bonchev–Trinajstić information content (AvgIpc) is 2.64. The van der Waals surface area contributed by atoms with Crippen molar-refractivity contribution in [2.24, 2.45) is 0 Å². The smallest absolute Gasteiger partial charge is 0.124 e. The molecule has 2 aromatic rings. The molecule has 1 heterocycles. The van der Waals surface area contributed by atoms with Gasteiger partial charge in [0.05, 0.1) is 6.10 Å². The lowest BCUT2D eigenvalue weighted by atomic mass is 10.1. The number of rotatable bonds is 7. The molecule has 0 radical (unpaired) electrons. The van der Waals surface area contributed by atoms with Crippen molar-refractivity contribution in [1.29, 1.82) is 0 Å². The average molecular weight is 439 g/mol. The van der Waals surface area contributed by atoms with Crippen LogP contribution < -0.4 is 4.74 Å². The topological polar surface area (TPSA) is 21.7 Å². The number of likely N-dealkylation sites (tertiary alicyclic amines) is 1. The molecule has 1 saturated heterocycles. The van der Waals surface area contributed by atoms with Crippen molar-refractivity contribution in [3.05, 3.63) is 63.1 Å². The summed E-state index contributed by atoms with van der Waals surface area (Å²) in [6, 6.07) is 14.0. The fourth-order valence-electron chi connectivity index (χ4n) is 3.26. The predicted octanol–water partition coefficient (Wildman–Crippen LogP) is 5.68. The molecule has 26 heavy (non-hydrogen) atoms. The summed E-state index contributed by atoms with van der Waals surface area (Å²) in [6.45, 7) is 6.44. The van der Waals surface area contributed by atoms with Crippen LogP contribution in [0.2, 0.25) is 5.02 Å². The van der Waals surface area contributed by atoms with Crippen molar-refractivity contribution < 1.29 is 9.47 Å². The summed E-state index contributed by atoms with van der Waals surface area (Å²) in [4.78, 5) is 2.48. The molecule has 0 atom stereocenters. The SMILES string of the molecule is CCOC1CCN(Cc2cc(Br)ccc2OCc2ccc(Cl)cc2)CC1. The van der Waals surface area contributed by atoms with Crippen LogP contribution in [0.5, 0.6) is 5.75 Å². The van der Waals surface area contributed by atoms with Crippen LogP contribution in [0.4, 0.5) is 0 Å². The van der Waals surface area contributed by atoms with E-state index in [0.717, 1.165) is 59.9 Å². The van der Waals surface area contributed by atoms with Crippen LogP contribution >= 0.6 is 27.5 Å². The monoisotopic (exact) mass is 437 g/mol. The standard InChI is InChI=1S/C21H25BrClNO2/c1-2-25-20-9-11-24(12-10-20)14-17-13-18(22)5-8-21(17)26-15-16-3-6-19(23)7-4-16/h3-8,13,20H,2,9-12,14-15H2,1H3. The Labute approximate surface area is 169 Å². The second kappa shape index (κ2) is 9.75. The van der Waals surface area contributed by atoms with E-state index in [4.69, 9.17) is 21.1 Å². The quantitative estimate of drug-likeness (QED) is 0.555. The van der Waals surface area contributed by atoms with Gasteiger partial charge in [-0.05, 0) is 55.7 Å². The maximum absolute atomic E-state index is 6.10. The zero-order valence-electron chi connectivity index (χ0n) is 15.1. The van der Waals surface area contributed by atoms with Gasteiger partial charge in [0.1, 0.15) is 12.4 Å². The lowest BCUT2D eigenvalue weighted by molar-refractivity contribution is 0.0123. The fraction of sp³-hybridized carbons (Fsp3) is 0.429. The molecule has 5 heteroatoms. The molecule has 1 aliphatic rings. The molecule has 1 fully saturated rings. The van der Waals surface area contributed by atoms with Gasteiger partial charge in [0.15, 0.2) is 0 Å². The molecule has 2 aromatic carbocycles.